The molecule has 0 saturated carbocycles. The van der Waals surface area contributed by atoms with E-state index in [0.717, 1.165) is 26.7 Å². The monoisotopic (exact) mass is 436 g/mol. The van der Waals surface area contributed by atoms with Gasteiger partial charge in [0.1, 0.15) is 11.5 Å². The van der Waals surface area contributed by atoms with E-state index >= 15 is 0 Å². The molecule has 4 rings (SSSR count). The van der Waals surface area contributed by atoms with E-state index in [-0.39, 0.29) is 5.91 Å². The Morgan fingerprint density at radius 3 is 2.55 bits per heavy atom. The summed E-state index contributed by atoms with van der Waals surface area (Å²) >= 11 is 1.45. The Hall–Kier alpha value is -3.16. The molecule has 0 atom stereocenters. The highest BCUT2D eigenvalue weighted by molar-refractivity contribution is 7.16. The lowest BCUT2D eigenvalue weighted by molar-refractivity contribution is 0.0994. The van der Waals surface area contributed by atoms with Crippen molar-refractivity contribution in [3.05, 3.63) is 65.0 Å². The summed E-state index contributed by atoms with van der Waals surface area (Å²) in [7, 11) is 3.22. The third-order valence-electron chi connectivity index (χ3n) is 4.98. The average Bonchev–Trinajstić information content (AvgIpc) is 3.12. The number of carbonyl (C=O) groups excluding carboxylic acids is 1. The molecule has 0 bridgehead atoms. The Morgan fingerprint density at radius 1 is 1.06 bits per heavy atom. The predicted octanol–water partition coefficient (Wildman–Crippen LogP) is 4.65. The van der Waals surface area contributed by atoms with Crippen LogP contribution in [0.25, 0.3) is 21.0 Å². The Bertz CT molecular complexity index is 1310. The van der Waals surface area contributed by atoms with Crippen molar-refractivity contribution in [3.8, 4) is 11.5 Å². The zero-order valence-corrected chi connectivity index (χ0v) is 18.6. The minimum atomic E-state index is -0.342. The van der Waals surface area contributed by atoms with Gasteiger partial charge in [-0.15, -0.1) is 0 Å². The van der Waals surface area contributed by atoms with Gasteiger partial charge in [0.25, 0.3) is 5.91 Å². The molecule has 0 unspecified atom stereocenters. The number of thiazole rings is 1. The standard InChI is InChI=1S/C24H24N2O4S/c1-4-30-18-9-10-20-22(15-18)31-24(26(20)11-12-28-2)25-23(27)19-13-16-7-5-6-8-17(16)14-21(19)29-3/h5-10,13-15H,4,11-12H2,1-3H3. The molecule has 0 aliphatic carbocycles. The normalized spacial score (nSPS) is 11.9. The van der Waals surface area contributed by atoms with E-state index in [1.807, 2.05) is 66.1 Å². The number of benzene rings is 3. The molecule has 0 N–H and O–H groups in total. The van der Waals surface area contributed by atoms with Crippen LogP contribution in [0, 0.1) is 0 Å². The van der Waals surface area contributed by atoms with Crippen LogP contribution < -0.4 is 14.3 Å². The number of nitrogens with zero attached hydrogens (tertiary/aromatic N) is 2. The number of fused-ring (bicyclic) bond motifs is 2. The highest BCUT2D eigenvalue weighted by Gasteiger charge is 2.15. The largest absolute Gasteiger partial charge is 0.496 e. The van der Waals surface area contributed by atoms with Gasteiger partial charge in [-0.25, -0.2) is 0 Å². The van der Waals surface area contributed by atoms with Crippen LogP contribution in [0.15, 0.2) is 59.6 Å². The smallest absolute Gasteiger partial charge is 0.283 e. The molecule has 0 aliphatic heterocycles. The van der Waals surface area contributed by atoms with E-state index in [0.29, 0.717) is 35.9 Å². The van der Waals surface area contributed by atoms with E-state index in [4.69, 9.17) is 14.2 Å². The van der Waals surface area contributed by atoms with Gasteiger partial charge in [0.2, 0.25) is 0 Å². The quantitative estimate of drug-likeness (QED) is 0.423. The fourth-order valence-corrected chi connectivity index (χ4v) is 4.58. The molecular weight excluding hydrogens is 412 g/mol. The van der Waals surface area contributed by atoms with Gasteiger partial charge < -0.3 is 18.8 Å². The van der Waals surface area contributed by atoms with E-state index < -0.39 is 0 Å². The summed E-state index contributed by atoms with van der Waals surface area (Å²) in [6.07, 6.45) is 0. The predicted molar refractivity (Wildman–Crippen MR) is 123 cm³/mol. The van der Waals surface area contributed by atoms with Gasteiger partial charge in [0, 0.05) is 13.7 Å². The van der Waals surface area contributed by atoms with Crippen molar-refractivity contribution in [1.82, 2.24) is 4.57 Å². The van der Waals surface area contributed by atoms with Crippen LogP contribution in [0.1, 0.15) is 17.3 Å². The highest BCUT2D eigenvalue weighted by Crippen LogP contribution is 2.27. The first-order valence-electron chi connectivity index (χ1n) is 10.1. The minimum absolute atomic E-state index is 0.342. The van der Waals surface area contributed by atoms with Crippen LogP contribution >= 0.6 is 11.3 Å². The fraction of sp³-hybridized carbons (Fsp3) is 0.250. The summed E-state index contributed by atoms with van der Waals surface area (Å²) in [5, 5.41) is 1.98. The van der Waals surface area contributed by atoms with Crippen molar-refractivity contribution < 1.29 is 19.0 Å². The second kappa shape index (κ2) is 9.32. The molecule has 7 heteroatoms. The van der Waals surface area contributed by atoms with Crippen LogP contribution in [0.2, 0.25) is 0 Å². The molecule has 6 nitrogen and oxygen atoms in total. The van der Waals surface area contributed by atoms with Gasteiger partial charge in [-0.3, -0.25) is 4.79 Å². The van der Waals surface area contributed by atoms with E-state index in [1.54, 1.807) is 14.2 Å². The van der Waals surface area contributed by atoms with Crippen molar-refractivity contribution >= 4 is 38.2 Å². The lowest BCUT2D eigenvalue weighted by Gasteiger charge is -2.08. The van der Waals surface area contributed by atoms with E-state index in [9.17, 15) is 4.79 Å². The zero-order valence-electron chi connectivity index (χ0n) is 17.8. The maximum absolute atomic E-state index is 13.2. The fourth-order valence-electron chi connectivity index (χ4n) is 3.50. The first-order valence-corrected chi connectivity index (χ1v) is 10.9. The Labute approximate surface area is 184 Å². The van der Waals surface area contributed by atoms with Crippen molar-refractivity contribution in [2.45, 2.75) is 13.5 Å². The molecule has 4 aromatic rings. The Morgan fingerprint density at radius 2 is 1.84 bits per heavy atom. The molecular formula is C24H24N2O4S. The number of aromatic nitrogens is 1. The summed E-state index contributed by atoms with van der Waals surface area (Å²) in [6, 6.07) is 17.5. The number of methoxy groups -OCH3 is 2. The minimum Gasteiger partial charge on any atom is -0.496 e. The maximum Gasteiger partial charge on any atom is 0.283 e. The summed E-state index contributed by atoms with van der Waals surface area (Å²) in [6.45, 7) is 3.65. The van der Waals surface area contributed by atoms with Crippen LogP contribution in [0.4, 0.5) is 0 Å². The van der Waals surface area contributed by atoms with Crippen molar-refractivity contribution in [2.75, 3.05) is 27.4 Å². The van der Waals surface area contributed by atoms with E-state index in [2.05, 4.69) is 4.99 Å². The maximum atomic E-state index is 13.2. The summed E-state index contributed by atoms with van der Waals surface area (Å²) in [5.41, 5.74) is 1.43. The van der Waals surface area contributed by atoms with Crippen LogP contribution in [0.5, 0.6) is 11.5 Å². The Balaban J connectivity index is 1.84. The Kier molecular flexibility index (Phi) is 6.34. The number of ether oxygens (including phenoxy) is 3. The van der Waals surface area contributed by atoms with Gasteiger partial charge in [0.15, 0.2) is 4.80 Å². The number of hydrogen-bond donors (Lipinski definition) is 0. The van der Waals surface area contributed by atoms with Gasteiger partial charge >= 0.3 is 0 Å². The first kappa shape index (κ1) is 21.1. The zero-order chi connectivity index (χ0) is 21.8. The number of amides is 1. The van der Waals surface area contributed by atoms with Crippen LogP contribution in [-0.2, 0) is 11.3 Å². The van der Waals surface area contributed by atoms with Crippen LogP contribution in [-0.4, -0.2) is 37.9 Å². The highest BCUT2D eigenvalue weighted by atomic mass is 32.1. The van der Waals surface area contributed by atoms with Crippen molar-refractivity contribution in [2.24, 2.45) is 4.99 Å². The van der Waals surface area contributed by atoms with Crippen molar-refractivity contribution in [1.29, 1.82) is 0 Å². The second-order valence-electron chi connectivity index (χ2n) is 6.91. The van der Waals surface area contributed by atoms with E-state index in [1.165, 1.54) is 11.3 Å². The SMILES string of the molecule is CCOc1ccc2c(c1)sc(=NC(=O)c1cc3ccccc3cc1OC)n2CCOC. The average molecular weight is 437 g/mol. The molecule has 1 heterocycles. The summed E-state index contributed by atoms with van der Waals surface area (Å²) in [4.78, 5) is 18.3. The van der Waals surface area contributed by atoms with Gasteiger partial charge in [-0.05, 0) is 48.0 Å². The molecule has 160 valence electrons. The molecule has 0 fully saturated rings. The molecule has 1 amide bonds. The van der Waals surface area contributed by atoms with Gasteiger partial charge in [0.05, 0.1) is 36.1 Å². The number of hydrogen-bond acceptors (Lipinski definition) is 5. The molecule has 0 spiro atoms. The second-order valence-corrected chi connectivity index (χ2v) is 7.92. The lowest BCUT2D eigenvalue weighted by atomic mass is 10.1. The lowest BCUT2D eigenvalue weighted by Crippen LogP contribution is -2.19. The third kappa shape index (κ3) is 4.33. The molecule has 0 radical (unpaired) electrons. The van der Waals surface area contributed by atoms with Crippen molar-refractivity contribution in [3.63, 3.8) is 0 Å². The molecule has 31 heavy (non-hydrogen) atoms. The van der Waals surface area contributed by atoms with Crippen LogP contribution in [0.3, 0.4) is 0 Å². The molecule has 3 aromatic carbocycles. The number of carbonyl (C=O) groups is 1. The topological polar surface area (TPSA) is 62.0 Å². The summed E-state index contributed by atoms with van der Waals surface area (Å²) in [5.74, 6) is 0.963. The van der Waals surface area contributed by atoms with Gasteiger partial charge in [-0.1, -0.05) is 35.6 Å². The number of rotatable bonds is 7. The first-order chi connectivity index (χ1) is 15.1. The third-order valence-corrected chi connectivity index (χ3v) is 6.02. The molecule has 1 aromatic heterocycles. The molecule has 0 saturated heterocycles. The molecule has 0 aliphatic rings. The van der Waals surface area contributed by atoms with Gasteiger partial charge in [-0.2, -0.15) is 4.99 Å². The summed E-state index contributed by atoms with van der Waals surface area (Å²) < 4.78 is 19.4.